The van der Waals surface area contributed by atoms with Gasteiger partial charge in [0.2, 0.25) is 12.3 Å². The molecule has 2 heterocycles. The van der Waals surface area contributed by atoms with Crippen LogP contribution in [0, 0.1) is 11.7 Å². The number of hydroxylamine groups is 2. The number of halogens is 1. The minimum atomic E-state index is -0.878. The predicted molar refractivity (Wildman–Crippen MR) is 98.8 cm³/mol. The molecule has 0 fully saturated rings. The molecule has 0 spiro atoms. The van der Waals surface area contributed by atoms with E-state index in [0.29, 0.717) is 11.5 Å². The Morgan fingerprint density at radius 2 is 2.25 bits per heavy atom. The molecule has 1 aromatic rings. The van der Waals surface area contributed by atoms with Gasteiger partial charge in [-0.05, 0) is 18.6 Å². The summed E-state index contributed by atoms with van der Waals surface area (Å²) in [5.74, 6) is -2.01. The van der Waals surface area contributed by atoms with Gasteiger partial charge in [0.1, 0.15) is 17.7 Å². The molecule has 9 nitrogen and oxygen atoms in total. The minimum absolute atomic E-state index is 0.160. The Morgan fingerprint density at radius 3 is 2.89 bits per heavy atom. The van der Waals surface area contributed by atoms with Gasteiger partial charge in [-0.1, -0.05) is 26.2 Å². The number of amides is 3. The van der Waals surface area contributed by atoms with Crippen LogP contribution in [0.4, 0.5) is 10.2 Å². The number of pyridine rings is 1. The lowest BCUT2D eigenvalue weighted by Crippen LogP contribution is -2.46. The molecule has 0 saturated carbocycles. The average molecular weight is 393 g/mol. The number of aromatic nitrogens is 1. The molecule has 2 N–H and O–H groups in total. The highest BCUT2D eigenvalue weighted by Gasteiger charge is 2.36. The highest BCUT2D eigenvalue weighted by atomic mass is 19.1. The monoisotopic (exact) mass is 393 g/mol. The first-order chi connectivity index (χ1) is 13.5. The van der Waals surface area contributed by atoms with Crippen molar-refractivity contribution in [3.05, 3.63) is 24.1 Å². The Kier molecular flexibility index (Phi) is 8.00. The highest BCUT2D eigenvalue weighted by Crippen LogP contribution is 2.21. The molecule has 1 aliphatic heterocycles. The van der Waals surface area contributed by atoms with E-state index < -0.39 is 29.6 Å². The van der Waals surface area contributed by atoms with E-state index in [-0.39, 0.29) is 25.2 Å². The second kappa shape index (κ2) is 10.5. The number of unbranched alkanes of at least 4 members (excludes halogenated alkanes) is 2. The van der Waals surface area contributed by atoms with Gasteiger partial charge < -0.3 is 5.32 Å². The summed E-state index contributed by atoms with van der Waals surface area (Å²) in [5, 5.41) is 17.5. The van der Waals surface area contributed by atoms with Crippen molar-refractivity contribution in [2.75, 3.05) is 11.9 Å². The first kappa shape index (κ1) is 21.4. The van der Waals surface area contributed by atoms with Gasteiger partial charge in [0.25, 0.3) is 5.91 Å². The molecule has 28 heavy (non-hydrogen) atoms. The Morgan fingerprint density at radius 1 is 1.46 bits per heavy atom. The number of nitrogens with one attached hydrogen (secondary N) is 1. The van der Waals surface area contributed by atoms with Crippen molar-refractivity contribution >= 4 is 30.3 Å². The van der Waals surface area contributed by atoms with E-state index in [0.717, 1.165) is 36.5 Å². The normalized spacial score (nSPS) is 16.7. The van der Waals surface area contributed by atoms with Gasteiger partial charge in [0.05, 0.1) is 18.7 Å². The van der Waals surface area contributed by atoms with E-state index in [1.54, 1.807) is 0 Å². The van der Waals surface area contributed by atoms with Crippen LogP contribution in [0.1, 0.15) is 39.0 Å². The molecule has 1 aromatic heterocycles. The van der Waals surface area contributed by atoms with Crippen molar-refractivity contribution in [2.45, 2.75) is 45.1 Å². The summed E-state index contributed by atoms with van der Waals surface area (Å²) in [4.78, 5) is 40.0. The van der Waals surface area contributed by atoms with Crippen molar-refractivity contribution in [2.24, 2.45) is 11.0 Å². The second-order valence-electron chi connectivity index (χ2n) is 6.50. The molecular formula is C18H24FN5O4. The van der Waals surface area contributed by atoms with Crippen LogP contribution in [0.15, 0.2) is 23.4 Å². The van der Waals surface area contributed by atoms with Gasteiger partial charge >= 0.3 is 0 Å². The van der Waals surface area contributed by atoms with Crippen LogP contribution < -0.4 is 5.32 Å². The summed E-state index contributed by atoms with van der Waals surface area (Å²) < 4.78 is 12.9. The molecule has 3 amide bonds. The zero-order valence-corrected chi connectivity index (χ0v) is 15.6. The molecule has 0 aromatic carbocycles. The number of rotatable bonds is 10. The van der Waals surface area contributed by atoms with E-state index >= 15 is 0 Å². The number of carbonyl (C=O) groups is 3. The van der Waals surface area contributed by atoms with Crippen LogP contribution in [0.3, 0.4) is 0 Å². The van der Waals surface area contributed by atoms with Gasteiger partial charge in [0, 0.05) is 12.6 Å². The van der Waals surface area contributed by atoms with E-state index in [1.807, 2.05) is 6.92 Å². The molecule has 2 unspecified atom stereocenters. The zero-order chi connectivity index (χ0) is 20.5. The van der Waals surface area contributed by atoms with E-state index in [4.69, 9.17) is 0 Å². The third-order valence-electron chi connectivity index (χ3n) is 4.37. The SMILES string of the molecule is CCCCCC(CN(O)C=O)C(=O)N1N=CCC1C(=O)Nc1ccc(F)cn1. The van der Waals surface area contributed by atoms with Crippen LogP contribution in [-0.2, 0) is 14.4 Å². The molecule has 152 valence electrons. The average Bonchev–Trinajstić information content (AvgIpc) is 3.18. The fourth-order valence-electron chi connectivity index (χ4n) is 2.89. The number of carbonyl (C=O) groups excluding carboxylic acids is 3. The lowest BCUT2D eigenvalue weighted by atomic mass is 9.99. The molecular weight excluding hydrogens is 369 g/mol. The highest BCUT2D eigenvalue weighted by molar-refractivity contribution is 5.99. The number of hydrazone groups is 1. The third kappa shape index (κ3) is 5.81. The summed E-state index contributed by atoms with van der Waals surface area (Å²) in [5.41, 5.74) is 0. The maximum atomic E-state index is 12.9. The molecule has 0 aliphatic carbocycles. The predicted octanol–water partition coefficient (Wildman–Crippen LogP) is 1.79. The smallest absolute Gasteiger partial charge is 0.250 e. The first-order valence-electron chi connectivity index (χ1n) is 9.15. The summed E-state index contributed by atoms with van der Waals surface area (Å²) >= 11 is 0. The van der Waals surface area contributed by atoms with Crippen LogP contribution in [-0.4, -0.2) is 57.3 Å². The van der Waals surface area contributed by atoms with Gasteiger partial charge in [-0.15, -0.1) is 0 Å². The molecule has 2 rings (SSSR count). The van der Waals surface area contributed by atoms with Crippen molar-refractivity contribution in [1.29, 1.82) is 0 Å². The Balaban J connectivity index is 2.06. The van der Waals surface area contributed by atoms with E-state index in [2.05, 4.69) is 15.4 Å². The van der Waals surface area contributed by atoms with Gasteiger partial charge in [-0.2, -0.15) is 5.10 Å². The first-order valence-corrected chi connectivity index (χ1v) is 9.15. The third-order valence-corrected chi connectivity index (χ3v) is 4.37. The summed E-state index contributed by atoms with van der Waals surface area (Å²) in [6.07, 6.45) is 5.94. The Labute approximate surface area is 162 Å². The second-order valence-corrected chi connectivity index (χ2v) is 6.50. The largest absolute Gasteiger partial charge is 0.309 e. The van der Waals surface area contributed by atoms with E-state index in [9.17, 15) is 24.0 Å². The zero-order valence-electron chi connectivity index (χ0n) is 15.6. The molecule has 0 radical (unpaired) electrons. The number of anilines is 1. The lowest BCUT2D eigenvalue weighted by molar-refractivity contribution is -0.158. The van der Waals surface area contributed by atoms with Gasteiger partial charge in [-0.3, -0.25) is 19.6 Å². The van der Waals surface area contributed by atoms with Crippen molar-refractivity contribution < 1.29 is 24.0 Å². The Bertz CT molecular complexity index is 712. The van der Waals surface area contributed by atoms with Crippen LogP contribution in [0.25, 0.3) is 0 Å². The summed E-state index contributed by atoms with van der Waals surface area (Å²) in [6, 6.07) is 1.60. The van der Waals surface area contributed by atoms with Crippen LogP contribution in [0.2, 0.25) is 0 Å². The molecule has 2 atom stereocenters. The van der Waals surface area contributed by atoms with Crippen molar-refractivity contribution in [1.82, 2.24) is 15.1 Å². The molecule has 0 bridgehead atoms. The lowest BCUT2D eigenvalue weighted by Gasteiger charge is -2.26. The number of hydrogen-bond acceptors (Lipinski definition) is 6. The van der Waals surface area contributed by atoms with Crippen LogP contribution >= 0.6 is 0 Å². The van der Waals surface area contributed by atoms with Crippen molar-refractivity contribution in [3.8, 4) is 0 Å². The standard InChI is InChI=1S/C18H24FN5O4/c1-2-3-4-5-13(11-23(28)12-25)18(27)24-15(8-9-21-24)17(26)22-16-7-6-14(19)10-20-16/h6-7,9-10,12-13,15,28H,2-5,8,11H2,1H3,(H,20,22,26). The topological polar surface area (TPSA) is 115 Å². The quantitative estimate of drug-likeness (QED) is 0.272. The number of nitrogens with zero attached hydrogens (tertiary/aromatic N) is 4. The maximum absolute atomic E-state index is 12.9. The van der Waals surface area contributed by atoms with Gasteiger partial charge in [0.15, 0.2) is 0 Å². The van der Waals surface area contributed by atoms with Crippen LogP contribution in [0.5, 0.6) is 0 Å². The fourth-order valence-corrected chi connectivity index (χ4v) is 2.89. The van der Waals surface area contributed by atoms with Crippen molar-refractivity contribution in [3.63, 3.8) is 0 Å². The summed E-state index contributed by atoms with van der Waals surface area (Å²) in [6.45, 7) is 1.85. The number of hydrogen-bond donors (Lipinski definition) is 2. The summed E-state index contributed by atoms with van der Waals surface area (Å²) in [7, 11) is 0. The Hall–Kier alpha value is -2.88. The minimum Gasteiger partial charge on any atom is -0.309 e. The molecule has 10 heteroatoms. The van der Waals surface area contributed by atoms with Gasteiger partial charge in [-0.25, -0.2) is 19.4 Å². The molecule has 0 saturated heterocycles. The fraction of sp³-hybridized carbons (Fsp3) is 0.500. The maximum Gasteiger partial charge on any atom is 0.250 e. The van der Waals surface area contributed by atoms with E-state index in [1.165, 1.54) is 12.3 Å². The molecule has 1 aliphatic rings.